The zero-order chi connectivity index (χ0) is 35.2. The Labute approximate surface area is 289 Å². The number of esters is 1. The second-order valence-electron chi connectivity index (χ2n) is 9.83. The summed E-state index contributed by atoms with van der Waals surface area (Å²) in [4.78, 5) is 82.4. The summed E-state index contributed by atoms with van der Waals surface area (Å²) in [6, 6.07) is 10.5. The lowest BCUT2D eigenvalue weighted by molar-refractivity contribution is -0.866. The third-order valence-corrected chi connectivity index (χ3v) is 9.08. The van der Waals surface area contributed by atoms with Gasteiger partial charge in [0.15, 0.2) is 10.2 Å². The number of ether oxygens (including phenoxy) is 4. The van der Waals surface area contributed by atoms with Gasteiger partial charge in [-0.05, 0) is 35.4 Å². The molecule has 0 aliphatic carbocycles. The Morgan fingerprint density at radius 1 is 0.896 bits per heavy atom. The van der Waals surface area contributed by atoms with Crippen LogP contribution < -0.4 is 0 Å². The number of hydrogen-bond acceptors (Lipinski definition) is 14. The predicted octanol–water partition coefficient (Wildman–Crippen LogP) is 5.20. The molecule has 2 aliphatic heterocycles. The molecule has 254 valence electrons. The number of non-ortho nitro benzene ring substituents is 2. The number of benzene rings is 2. The van der Waals surface area contributed by atoms with Crippen LogP contribution in [0.15, 0.2) is 59.1 Å². The van der Waals surface area contributed by atoms with Crippen LogP contribution in [0.4, 0.5) is 21.0 Å². The van der Waals surface area contributed by atoms with Crippen LogP contribution in [-0.4, -0.2) is 72.3 Å². The highest BCUT2D eigenvalue weighted by Gasteiger charge is 2.67. The van der Waals surface area contributed by atoms with Crippen molar-refractivity contribution in [3.63, 3.8) is 0 Å². The molecule has 0 saturated carbocycles. The summed E-state index contributed by atoms with van der Waals surface area (Å²) in [6.45, 7) is -1.69. The Hall–Kier alpha value is -4.49. The molecular formula is C27H22Cl3N4O13S+. The number of nitrogens with zero attached hydrogens (tertiary/aromatic N) is 4. The Balaban J connectivity index is 1.48. The van der Waals surface area contributed by atoms with Gasteiger partial charge in [-0.3, -0.25) is 25.0 Å². The predicted molar refractivity (Wildman–Crippen MR) is 165 cm³/mol. The highest BCUT2D eigenvalue weighted by atomic mass is 35.5. The minimum absolute atomic E-state index is 0.0151. The topological polar surface area (TPSA) is 212 Å². The lowest BCUT2D eigenvalue weighted by Gasteiger charge is -2.43. The number of amides is 3. The van der Waals surface area contributed by atoms with Crippen LogP contribution in [0, 0.1) is 20.2 Å². The molecule has 0 aromatic heterocycles. The van der Waals surface area contributed by atoms with Crippen molar-refractivity contribution in [3.05, 3.63) is 90.5 Å². The number of halogens is 3. The van der Waals surface area contributed by atoms with Crippen LogP contribution in [-0.2, 0) is 46.5 Å². The van der Waals surface area contributed by atoms with Crippen molar-refractivity contribution in [1.29, 1.82) is 0 Å². The number of β-lactam (4-membered cyclic amide) rings is 1. The molecule has 48 heavy (non-hydrogen) atoms. The number of alkyl halides is 2. The number of carbonyl (C=O) groups is 5. The molecule has 2 heterocycles. The van der Waals surface area contributed by atoms with E-state index in [0.29, 0.717) is 11.1 Å². The van der Waals surface area contributed by atoms with E-state index in [2.05, 4.69) is 0 Å². The average Bonchev–Trinajstić information content (AvgIpc) is 3.31. The molecule has 0 N–H and O–H groups in total. The number of rotatable bonds is 13. The van der Waals surface area contributed by atoms with Crippen LogP contribution >= 0.6 is 46.7 Å². The number of imide groups is 1. The smallest absolute Gasteiger partial charge is 0.453 e. The van der Waals surface area contributed by atoms with E-state index in [0.717, 1.165) is 11.8 Å². The maximum Gasteiger partial charge on any atom is 0.508 e. The fraction of sp³-hybridized carbons (Fsp3) is 0.296. The number of quaternary nitrogens is 1. The monoisotopic (exact) mass is 747 g/mol. The first-order valence-electron chi connectivity index (χ1n) is 13.4. The molecule has 0 radical (unpaired) electrons. The van der Waals surface area contributed by atoms with E-state index >= 15 is 0 Å². The fourth-order valence-corrected chi connectivity index (χ4v) is 6.50. The molecule has 0 bridgehead atoms. The zero-order valence-electron chi connectivity index (χ0n) is 24.2. The minimum Gasteiger partial charge on any atom is -0.453 e. The summed E-state index contributed by atoms with van der Waals surface area (Å²) in [5, 5.41) is 21.1. The third-order valence-electron chi connectivity index (χ3n) is 6.92. The molecule has 21 heteroatoms. The summed E-state index contributed by atoms with van der Waals surface area (Å²) in [5.41, 5.74) is 0.294. The molecule has 1 saturated heterocycles. The van der Waals surface area contributed by atoms with Gasteiger partial charge >= 0.3 is 24.1 Å². The molecule has 1 fully saturated rings. The van der Waals surface area contributed by atoms with E-state index in [1.807, 2.05) is 0 Å². The van der Waals surface area contributed by atoms with E-state index in [9.17, 15) is 44.2 Å². The largest absolute Gasteiger partial charge is 0.508 e. The Morgan fingerprint density at radius 2 is 1.44 bits per heavy atom. The van der Waals surface area contributed by atoms with Crippen molar-refractivity contribution in [2.75, 3.05) is 13.3 Å². The van der Waals surface area contributed by atoms with Crippen LogP contribution in [0.3, 0.4) is 0 Å². The lowest BCUT2D eigenvalue weighted by Crippen LogP contribution is -2.67. The quantitative estimate of drug-likeness (QED) is 0.0377. The number of fused-ring (bicyclic) bond motifs is 1. The average molecular weight is 749 g/mol. The molecule has 17 nitrogen and oxygen atoms in total. The first kappa shape index (κ1) is 36.3. The highest BCUT2D eigenvalue weighted by Crippen LogP contribution is 2.54. The number of nitro groups is 2. The molecule has 1 unspecified atom stereocenters. The van der Waals surface area contributed by atoms with Crippen LogP contribution in [0.5, 0.6) is 0 Å². The van der Waals surface area contributed by atoms with Gasteiger partial charge in [-0.1, -0.05) is 35.0 Å². The summed E-state index contributed by atoms with van der Waals surface area (Å²) >= 11 is 17.7. The van der Waals surface area contributed by atoms with Gasteiger partial charge in [0, 0.05) is 42.5 Å². The molecule has 3 amide bonds. The summed E-state index contributed by atoms with van der Waals surface area (Å²) < 4.78 is 19.9. The second-order valence-corrected chi connectivity index (χ2v) is 12.5. The van der Waals surface area contributed by atoms with Gasteiger partial charge in [0.2, 0.25) is 12.4 Å². The zero-order valence-corrected chi connectivity index (χ0v) is 27.2. The van der Waals surface area contributed by atoms with Gasteiger partial charge in [-0.15, -0.1) is 0 Å². The van der Waals surface area contributed by atoms with E-state index < -0.39 is 61.3 Å². The molecule has 4 rings (SSSR count). The number of hydrogen-bond donors (Lipinski definition) is 0. The van der Waals surface area contributed by atoms with Crippen LogP contribution in [0.1, 0.15) is 24.0 Å². The van der Waals surface area contributed by atoms with Crippen molar-refractivity contribution < 1.29 is 57.2 Å². The van der Waals surface area contributed by atoms with Crippen molar-refractivity contribution >= 4 is 88.1 Å². The number of carbonyl (C=O) groups excluding carboxylic acids is 5. The Kier molecular flexibility index (Phi) is 11.8. The summed E-state index contributed by atoms with van der Waals surface area (Å²) in [6.07, 6.45) is -2.65. The summed E-state index contributed by atoms with van der Waals surface area (Å²) in [5.74, 6) is -2.76. The van der Waals surface area contributed by atoms with Gasteiger partial charge in [-0.25, -0.2) is 19.2 Å². The molecule has 2 aromatic rings. The molecule has 2 atom stereocenters. The van der Waals surface area contributed by atoms with Crippen molar-refractivity contribution in [1.82, 2.24) is 4.42 Å². The van der Waals surface area contributed by atoms with Gasteiger partial charge in [0.05, 0.1) is 21.4 Å². The minimum atomic E-state index is -1.69. The van der Waals surface area contributed by atoms with E-state index in [4.69, 9.17) is 53.9 Å². The molecule has 2 aliphatic rings. The Morgan fingerprint density at radius 3 is 1.94 bits per heavy atom. The lowest BCUT2D eigenvalue weighted by atomic mass is 10.1. The molecule has 2 aromatic carbocycles. The summed E-state index contributed by atoms with van der Waals surface area (Å²) in [7, 11) is 0. The standard InChI is InChI=1S/C27H22Cl3N4O13S/c28-23(29)24(36)31(30)26(38)47-14-34-20(35)11-21(34)48-19(22(34)25(37)45-12-15-1-5-17(6-2-15)32(40)41)9-10-44-27(39)46-13-16-3-7-18(8-4-16)33(42)43/h1-8,21,23H,9-14H2/q+1/t21-,34?/m1/s1. The second kappa shape index (κ2) is 15.6. The fourth-order valence-electron chi connectivity index (χ4n) is 4.48. The van der Waals surface area contributed by atoms with Crippen molar-refractivity contribution in [3.8, 4) is 0 Å². The number of nitro benzene ring substituents is 2. The molecule has 0 spiro atoms. The third kappa shape index (κ3) is 8.13. The molecular weight excluding hydrogens is 727 g/mol. The highest BCUT2D eigenvalue weighted by molar-refractivity contribution is 8.03. The Bertz CT molecular complexity index is 1670. The maximum absolute atomic E-state index is 13.5. The first-order valence-corrected chi connectivity index (χ1v) is 15.5. The van der Waals surface area contributed by atoms with Crippen molar-refractivity contribution in [2.24, 2.45) is 0 Å². The maximum atomic E-state index is 13.5. The first-order chi connectivity index (χ1) is 22.7. The van der Waals surface area contributed by atoms with E-state index in [-0.39, 0.29) is 59.1 Å². The van der Waals surface area contributed by atoms with Crippen LogP contribution in [0.25, 0.3) is 0 Å². The van der Waals surface area contributed by atoms with Gasteiger partial charge in [-0.2, -0.15) is 8.90 Å². The van der Waals surface area contributed by atoms with Gasteiger partial charge in [0.1, 0.15) is 19.6 Å². The number of thioether (sulfide) groups is 1. The van der Waals surface area contributed by atoms with Crippen LogP contribution in [0.2, 0.25) is 0 Å². The normalized spacial score (nSPS) is 18.0. The van der Waals surface area contributed by atoms with Gasteiger partial charge < -0.3 is 18.9 Å². The SMILES string of the molecule is O=C(OCCC1=C(C(=O)OCc2ccc([N+](=O)[O-])cc2)[N+]2(COC(=O)N(Cl)C(=O)C(Cl)Cl)C(=O)C[C@H]2S1)OCc1ccc([N+](=O)[O-])cc1. The van der Waals surface area contributed by atoms with E-state index in [1.54, 1.807) is 0 Å². The van der Waals surface area contributed by atoms with Gasteiger partial charge in [0.25, 0.3) is 17.3 Å². The van der Waals surface area contributed by atoms with Crippen molar-refractivity contribution in [2.45, 2.75) is 36.3 Å². The van der Waals surface area contributed by atoms with E-state index in [1.165, 1.54) is 48.5 Å².